The van der Waals surface area contributed by atoms with Crippen molar-refractivity contribution in [2.45, 2.75) is 37.6 Å². The number of aliphatic hydroxyl groups excluding tert-OH is 1. The molecule has 5 nitrogen and oxygen atoms in total. The first kappa shape index (κ1) is 15.6. The standard InChI is InChI=1S/C14H17BrF2N4O/c15-10-7-19-21-6-5-18-13(12(10)21)20-11(8-22)9-1-3-14(16,17)4-2-9/h5-7,9,11,22H,1-4,8H2,(H,18,20). The minimum absolute atomic E-state index is 0.00776. The Bertz CT molecular complexity index is 653. The fourth-order valence-corrected chi connectivity index (χ4v) is 3.43. The van der Waals surface area contributed by atoms with E-state index in [9.17, 15) is 13.9 Å². The molecule has 0 aromatic carbocycles. The zero-order valence-corrected chi connectivity index (χ0v) is 13.4. The van der Waals surface area contributed by atoms with Crippen molar-refractivity contribution in [3.05, 3.63) is 23.1 Å². The van der Waals surface area contributed by atoms with Gasteiger partial charge in [0.25, 0.3) is 0 Å². The lowest BCUT2D eigenvalue weighted by molar-refractivity contribution is -0.0491. The minimum Gasteiger partial charge on any atom is -0.394 e. The molecule has 1 fully saturated rings. The average molecular weight is 375 g/mol. The molecule has 1 atom stereocenters. The molecule has 1 saturated carbocycles. The summed E-state index contributed by atoms with van der Waals surface area (Å²) in [6, 6.07) is -0.295. The number of aromatic nitrogens is 3. The van der Waals surface area contributed by atoms with Gasteiger partial charge < -0.3 is 10.4 Å². The molecule has 0 aliphatic heterocycles. The van der Waals surface area contributed by atoms with E-state index in [0.717, 1.165) is 9.99 Å². The molecule has 2 heterocycles. The highest BCUT2D eigenvalue weighted by atomic mass is 79.9. The van der Waals surface area contributed by atoms with Crippen LogP contribution in [-0.2, 0) is 0 Å². The summed E-state index contributed by atoms with van der Waals surface area (Å²) in [6.07, 6.45) is 5.55. The zero-order chi connectivity index (χ0) is 15.7. The van der Waals surface area contributed by atoms with Gasteiger partial charge in [0.15, 0.2) is 5.82 Å². The molecule has 2 aromatic rings. The monoisotopic (exact) mass is 374 g/mol. The Morgan fingerprint density at radius 3 is 2.86 bits per heavy atom. The Kier molecular flexibility index (Phi) is 4.31. The fourth-order valence-electron chi connectivity index (χ4n) is 2.97. The van der Waals surface area contributed by atoms with E-state index in [1.54, 1.807) is 23.1 Å². The number of alkyl halides is 2. The molecule has 120 valence electrons. The molecule has 0 saturated heterocycles. The van der Waals surface area contributed by atoms with Crippen LogP contribution in [0.25, 0.3) is 5.52 Å². The van der Waals surface area contributed by atoms with Gasteiger partial charge in [-0.15, -0.1) is 0 Å². The Labute approximate surface area is 134 Å². The van der Waals surface area contributed by atoms with E-state index >= 15 is 0 Å². The predicted molar refractivity (Wildman–Crippen MR) is 82.1 cm³/mol. The van der Waals surface area contributed by atoms with Crippen molar-refractivity contribution in [1.29, 1.82) is 0 Å². The van der Waals surface area contributed by atoms with Crippen molar-refractivity contribution < 1.29 is 13.9 Å². The van der Waals surface area contributed by atoms with E-state index in [0.29, 0.717) is 18.7 Å². The largest absolute Gasteiger partial charge is 0.394 e. The molecule has 2 aromatic heterocycles. The fraction of sp³-hybridized carbons (Fsp3) is 0.571. The smallest absolute Gasteiger partial charge is 0.248 e. The number of nitrogens with zero attached hydrogens (tertiary/aromatic N) is 3. The van der Waals surface area contributed by atoms with Crippen LogP contribution in [0.4, 0.5) is 14.6 Å². The van der Waals surface area contributed by atoms with Gasteiger partial charge in [-0.05, 0) is 34.7 Å². The van der Waals surface area contributed by atoms with Crippen LogP contribution in [-0.4, -0.2) is 38.3 Å². The molecule has 0 spiro atoms. The first-order chi connectivity index (χ1) is 10.5. The van der Waals surface area contributed by atoms with E-state index in [1.807, 2.05) is 0 Å². The SMILES string of the molecule is OCC(Nc1nccn2ncc(Br)c12)C1CCC(F)(F)CC1. The van der Waals surface area contributed by atoms with Gasteiger partial charge >= 0.3 is 0 Å². The second-order valence-corrected chi connectivity index (χ2v) is 6.54. The number of hydrogen-bond acceptors (Lipinski definition) is 4. The van der Waals surface area contributed by atoms with Crippen LogP contribution in [0.3, 0.4) is 0 Å². The molecular weight excluding hydrogens is 358 g/mol. The van der Waals surface area contributed by atoms with E-state index in [-0.39, 0.29) is 31.4 Å². The van der Waals surface area contributed by atoms with Crippen molar-refractivity contribution in [1.82, 2.24) is 14.6 Å². The molecule has 22 heavy (non-hydrogen) atoms. The normalized spacial score (nSPS) is 20.2. The van der Waals surface area contributed by atoms with Crippen molar-refractivity contribution in [3.8, 4) is 0 Å². The molecule has 1 aliphatic rings. The van der Waals surface area contributed by atoms with Crippen LogP contribution in [0.2, 0.25) is 0 Å². The third-order valence-corrected chi connectivity index (χ3v) is 4.82. The average Bonchev–Trinajstić information content (AvgIpc) is 2.88. The molecule has 0 amide bonds. The second kappa shape index (κ2) is 6.08. The Hall–Kier alpha value is -1.28. The summed E-state index contributed by atoms with van der Waals surface area (Å²) in [6.45, 7) is -0.120. The molecule has 8 heteroatoms. The van der Waals surface area contributed by atoms with Gasteiger partial charge in [0.05, 0.1) is 23.3 Å². The van der Waals surface area contributed by atoms with E-state index < -0.39 is 5.92 Å². The predicted octanol–water partition coefficient (Wildman–Crippen LogP) is 3.09. The Balaban J connectivity index is 1.79. The van der Waals surface area contributed by atoms with Crippen molar-refractivity contribution in [3.63, 3.8) is 0 Å². The molecule has 0 radical (unpaired) electrons. The van der Waals surface area contributed by atoms with Gasteiger partial charge in [-0.3, -0.25) is 0 Å². The number of anilines is 1. The van der Waals surface area contributed by atoms with Gasteiger partial charge in [-0.25, -0.2) is 18.3 Å². The second-order valence-electron chi connectivity index (χ2n) is 5.69. The Morgan fingerprint density at radius 2 is 2.18 bits per heavy atom. The quantitative estimate of drug-likeness (QED) is 0.862. The summed E-state index contributed by atoms with van der Waals surface area (Å²) in [5.41, 5.74) is 0.766. The summed E-state index contributed by atoms with van der Waals surface area (Å²) < 4.78 is 29.0. The van der Waals surface area contributed by atoms with Gasteiger partial charge in [-0.1, -0.05) is 0 Å². The van der Waals surface area contributed by atoms with Gasteiger partial charge in [0, 0.05) is 25.2 Å². The van der Waals surface area contributed by atoms with Crippen molar-refractivity contribution in [2.75, 3.05) is 11.9 Å². The van der Waals surface area contributed by atoms with Crippen molar-refractivity contribution in [2.24, 2.45) is 5.92 Å². The number of fused-ring (bicyclic) bond motifs is 1. The lowest BCUT2D eigenvalue weighted by atomic mass is 9.82. The highest BCUT2D eigenvalue weighted by Crippen LogP contribution is 2.38. The number of halogens is 3. The van der Waals surface area contributed by atoms with Crippen LogP contribution in [0.15, 0.2) is 23.1 Å². The molecule has 2 N–H and O–H groups in total. The van der Waals surface area contributed by atoms with Crippen molar-refractivity contribution >= 4 is 27.3 Å². The maximum Gasteiger partial charge on any atom is 0.248 e. The summed E-state index contributed by atoms with van der Waals surface area (Å²) in [4.78, 5) is 4.29. The summed E-state index contributed by atoms with van der Waals surface area (Å²) in [5.74, 6) is -1.97. The minimum atomic E-state index is -2.57. The van der Waals surface area contributed by atoms with Gasteiger partial charge in [0.2, 0.25) is 5.92 Å². The first-order valence-corrected chi connectivity index (χ1v) is 8.02. The molecule has 1 unspecified atom stereocenters. The van der Waals surface area contributed by atoms with Gasteiger partial charge in [0.1, 0.15) is 5.52 Å². The lowest BCUT2D eigenvalue weighted by Gasteiger charge is -2.33. The molecular formula is C14H17BrF2N4O. The Morgan fingerprint density at radius 1 is 1.45 bits per heavy atom. The van der Waals surface area contributed by atoms with Crippen LogP contribution in [0, 0.1) is 5.92 Å². The highest BCUT2D eigenvalue weighted by molar-refractivity contribution is 9.10. The van der Waals surface area contributed by atoms with E-state index in [1.165, 1.54) is 0 Å². The summed E-state index contributed by atoms with van der Waals surface area (Å²) in [7, 11) is 0. The first-order valence-electron chi connectivity index (χ1n) is 7.23. The number of aliphatic hydroxyl groups is 1. The number of nitrogens with one attached hydrogen (secondary N) is 1. The van der Waals surface area contributed by atoms with Crippen LogP contribution in [0.1, 0.15) is 25.7 Å². The maximum absolute atomic E-state index is 13.3. The topological polar surface area (TPSA) is 62.5 Å². The van der Waals surface area contributed by atoms with Crippen LogP contribution >= 0.6 is 15.9 Å². The van der Waals surface area contributed by atoms with Gasteiger partial charge in [-0.2, -0.15) is 5.10 Å². The number of hydrogen-bond donors (Lipinski definition) is 2. The summed E-state index contributed by atoms with van der Waals surface area (Å²) in [5, 5.41) is 17.0. The third kappa shape index (κ3) is 3.08. The lowest BCUT2D eigenvalue weighted by Crippen LogP contribution is -2.38. The van der Waals surface area contributed by atoms with E-state index in [2.05, 4.69) is 31.3 Å². The van der Waals surface area contributed by atoms with Crippen LogP contribution in [0.5, 0.6) is 0 Å². The third-order valence-electron chi connectivity index (χ3n) is 4.24. The maximum atomic E-state index is 13.3. The molecule has 0 bridgehead atoms. The van der Waals surface area contributed by atoms with E-state index in [4.69, 9.17) is 0 Å². The van der Waals surface area contributed by atoms with Crippen LogP contribution < -0.4 is 5.32 Å². The summed E-state index contributed by atoms with van der Waals surface area (Å²) >= 11 is 3.42. The highest BCUT2D eigenvalue weighted by Gasteiger charge is 2.37. The number of rotatable bonds is 4. The molecule has 1 aliphatic carbocycles. The zero-order valence-electron chi connectivity index (χ0n) is 11.8. The molecule has 3 rings (SSSR count).